The molecule has 0 saturated heterocycles. The summed E-state index contributed by atoms with van der Waals surface area (Å²) in [5, 5.41) is 13.0. The van der Waals surface area contributed by atoms with Crippen LogP contribution >= 0.6 is 23.2 Å². The molecule has 1 fully saturated rings. The van der Waals surface area contributed by atoms with Gasteiger partial charge in [-0.1, -0.05) is 84.6 Å². The predicted molar refractivity (Wildman–Crippen MR) is 173 cm³/mol. The highest BCUT2D eigenvalue weighted by atomic mass is 35.5. The van der Waals surface area contributed by atoms with Crippen LogP contribution in [-0.2, 0) is 14.8 Å². The van der Waals surface area contributed by atoms with Crippen molar-refractivity contribution in [3.8, 4) is 0 Å². The van der Waals surface area contributed by atoms with Gasteiger partial charge in [-0.25, -0.2) is 13.1 Å². The van der Waals surface area contributed by atoms with E-state index in [1.54, 1.807) is 59.5 Å². The molecule has 2 amide bonds. The van der Waals surface area contributed by atoms with Gasteiger partial charge in [0.25, 0.3) is 5.91 Å². The third kappa shape index (κ3) is 7.20. The first kappa shape index (κ1) is 33.3. The average Bonchev–Trinajstić information content (AvgIpc) is 3.00. The topological polar surface area (TPSA) is 154 Å². The minimum absolute atomic E-state index is 0.295. The van der Waals surface area contributed by atoms with E-state index >= 15 is 0 Å². The minimum Gasteiger partial charge on any atom is -0.349 e. The van der Waals surface area contributed by atoms with Crippen molar-refractivity contribution in [1.29, 1.82) is 0 Å². The summed E-state index contributed by atoms with van der Waals surface area (Å²) in [4.78, 5) is 30.6. The molecule has 45 heavy (non-hydrogen) atoms. The first-order chi connectivity index (χ1) is 21.4. The molecule has 0 radical (unpaired) electrons. The molecule has 1 saturated carbocycles. The molecule has 1 aliphatic heterocycles. The molecular formula is C32H37Cl2N5O5S. The van der Waals surface area contributed by atoms with Gasteiger partial charge in [0, 0.05) is 27.7 Å². The fourth-order valence-electron chi connectivity index (χ4n) is 6.58. The van der Waals surface area contributed by atoms with Gasteiger partial charge >= 0.3 is 0 Å². The molecule has 6 N–H and O–H groups in total. The van der Waals surface area contributed by atoms with Crippen LogP contribution in [0.25, 0.3) is 0 Å². The number of benzene rings is 3. The maximum absolute atomic E-state index is 14.5. The highest BCUT2D eigenvalue weighted by molar-refractivity contribution is 7.88. The number of carbonyl (C=O) groups excluding carboxylic acids is 2. The molecule has 3 aromatic rings. The Hall–Kier alpha value is -3.03. The second-order valence-electron chi connectivity index (χ2n) is 11.7. The van der Waals surface area contributed by atoms with Crippen molar-refractivity contribution >= 4 is 45.0 Å². The van der Waals surface area contributed by atoms with Crippen molar-refractivity contribution in [3.05, 3.63) is 105 Å². The van der Waals surface area contributed by atoms with Crippen LogP contribution in [0.15, 0.2) is 66.7 Å². The van der Waals surface area contributed by atoms with Crippen LogP contribution in [0.3, 0.4) is 0 Å². The van der Waals surface area contributed by atoms with E-state index < -0.39 is 46.3 Å². The fourth-order valence-corrected chi connectivity index (χ4v) is 7.93. The van der Waals surface area contributed by atoms with Crippen LogP contribution in [0.1, 0.15) is 89.4 Å². The van der Waals surface area contributed by atoms with Crippen molar-refractivity contribution in [2.45, 2.75) is 68.9 Å². The van der Waals surface area contributed by atoms with E-state index in [1.807, 2.05) is 24.5 Å². The van der Waals surface area contributed by atoms with Crippen LogP contribution in [0.5, 0.6) is 0 Å². The first-order valence-electron chi connectivity index (χ1n) is 14.8. The zero-order valence-electron chi connectivity index (χ0n) is 24.9. The average molecular weight is 675 g/mol. The summed E-state index contributed by atoms with van der Waals surface area (Å²) in [7, 11) is -3.59. The van der Waals surface area contributed by atoms with Crippen molar-refractivity contribution < 1.29 is 23.2 Å². The number of nitrogens with one attached hydrogen (secondary N) is 3. The van der Waals surface area contributed by atoms with E-state index in [0.29, 0.717) is 45.1 Å². The Morgan fingerprint density at radius 1 is 1.00 bits per heavy atom. The maximum Gasteiger partial charge on any atom is 0.255 e. The monoisotopic (exact) mass is 673 g/mol. The Bertz CT molecular complexity index is 1670. The van der Waals surface area contributed by atoms with Crippen molar-refractivity contribution in [2.24, 2.45) is 5.73 Å². The number of hydrogen-bond donors (Lipinski definition) is 5. The Morgan fingerprint density at radius 3 is 2.33 bits per heavy atom. The molecule has 1 heterocycles. The summed E-state index contributed by atoms with van der Waals surface area (Å²) in [5.74, 6) is -1.51. The van der Waals surface area contributed by atoms with E-state index in [4.69, 9.17) is 34.1 Å². The van der Waals surface area contributed by atoms with Gasteiger partial charge in [-0.05, 0) is 60.2 Å². The zero-order chi connectivity index (χ0) is 32.5. The highest BCUT2D eigenvalue weighted by Gasteiger charge is 2.49. The Labute approximate surface area is 273 Å². The number of fused-ring (bicyclic) bond motifs is 1. The molecule has 3 aromatic carbocycles. The predicted octanol–water partition coefficient (Wildman–Crippen LogP) is 4.95. The Kier molecular flexibility index (Phi) is 10.2. The van der Waals surface area contributed by atoms with E-state index in [2.05, 4.69) is 10.0 Å². The SMILES string of the molecule is CC(NC(=O)[C@@H]1c2ccccc2C(=O)N([C@H]2CCCC[C@@H]2NS(C)(=O)=O)[C@H]1c1ccc(Cl)cc1Cl)c1ccc(C(N)NO)cc1. The number of hydrogen-bond acceptors (Lipinski definition) is 7. The van der Waals surface area contributed by atoms with Crippen LogP contribution < -0.4 is 21.3 Å². The smallest absolute Gasteiger partial charge is 0.255 e. The summed E-state index contributed by atoms with van der Waals surface area (Å²) in [6.45, 7) is 1.85. The largest absolute Gasteiger partial charge is 0.349 e. The van der Waals surface area contributed by atoms with Gasteiger partial charge in [0.05, 0.1) is 24.3 Å². The van der Waals surface area contributed by atoms with Gasteiger partial charge in [0.15, 0.2) is 0 Å². The number of amides is 2. The van der Waals surface area contributed by atoms with E-state index in [9.17, 15) is 18.0 Å². The quantitative estimate of drug-likeness (QED) is 0.159. The van der Waals surface area contributed by atoms with Gasteiger partial charge in [0.2, 0.25) is 15.9 Å². The standard InChI is InChI=1S/C32H37Cl2N5O5S/c1-18(19-11-13-20(14-12-19)30(35)37-42)36-31(40)28-22-7-3-4-8-23(22)32(41)39(29(28)24-16-15-21(33)17-25(24)34)27-10-6-5-9-26(27)38-45(2,43)44/h3-4,7-8,11-18,26-30,37-38,42H,5-6,9-10,35H2,1-2H3,(H,36,40)/t18?,26-,27-,28+,29-,30?/m0/s1. The summed E-state index contributed by atoms with van der Waals surface area (Å²) >= 11 is 13.1. The number of hydroxylamine groups is 1. The number of nitrogens with two attached hydrogens (primary N) is 1. The molecule has 6 atom stereocenters. The van der Waals surface area contributed by atoms with Gasteiger partial charge in [-0.3, -0.25) is 9.59 Å². The van der Waals surface area contributed by atoms with Gasteiger partial charge in [0.1, 0.15) is 6.17 Å². The summed E-state index contributed by atoms with van der Waals surface area (Å²) in [5.41, 5.74) is 10.8. The molecule has 10 nitrogen and oxygen atoms in total. The number of sulfonamides is 1. The molecule has 13 heteroatoms. The van der Waals surface area contributed by atoms with Crippen LogP contribution in [-0.4, -0.2) is 48.7 Å². The van der Waals surface area contributed by atoms with E-state index in [-0.39, 0.29) is 11.8 Å². The van der Waals surface area contributed by atoms with Gasteiger partial charge < -0.3 is 21.2 Å². The summed E-state index contributed by atoms with van der Waals surface area (Å²) in [6, 6.07) is 16.8. The molecule has 0 aromatic heterocycles. The molecule has 5 rings (SSSR count). The fraction of sp³-hybridized carbons (Fsp3) is 0.375. The molecule has 0 spiro atoms. The lowest BCUT2D eigenvalue weighted by Crippen LogP contribution is -2.59. The summed E-state index contributed by atoms with van der Waals surface area (Å²) in [6.07, 6.45) is 3.04. The Morgan fingerprint density at radius 2 is 1.67 bits per heavy atom. The Balaban J connectivity index is 1.61. The minimum atomic E-state index is -3.59. The van der Waals surface area contributed by atoms with E-state index in [1.165, 1.54) is 0 Å². The number of carbonyl (C=O) groups is 2. The third-order valence-corrected chi connectivity index (χ3v) is 9.98. The summed E-state index contributed by atoms with van der Waals surface area (Å²) < 4.78 is 27.6. The lowest BCUT2D eigenvalue weighted by atomic mass is 9.76. The zero-order valence-corrected chi connectivity index (χ0v) is 27.2. The molecule has 240 valence electrons. The second-order valence-corrected chi connectivity index (χ2v) is 14.4. The van der Waals surface area contributed by atoms with Crippen LogP contribution in [0, 0.1) is 0 Å². The lowest BCUT2D eigenvalue weighted by Gasteiger charge is -2.49. The third-order valence-electron chi connectivity index (χ3n) is 8.69. The molecule has 1 aliphatic carbocycles. The van der Waals surface area contributed by atoms with Crippen molar-refractivity contribution in [1.82, 2.24) is 20.4 Å². The van der Waals surface area contributed by atoms with Crippen molar-refractivity contribution in [3.63, 3.8) is 0 Å². The van der Waals surface area contributed by atoms with Crippen molar-refractivity contribution in [2.75, 3.05) is 6.26 Å². The van der Waals surface area contributed by atoms with Crippen LogP contribution in [0.4, 0.5) is 0 Å². The normalized spacial score (nSPS) is 23.2. The van der Waals surface area contributed by atoms with E-state index in [0.717, 1.165) is 24.7 Å². The maximum atomic E-state index is 14.5. The number of halogens is 2. The van der Waals surface area contributed by atoms with Gasteiger partial charge in [-0.15, -0.1) is 0 Å². The van der Waals surface area contributed by atoms with Gasteiger partial charge in [-0.2, -0.15) is 5.48 Å². The molecule has 2 unspecified atom stereocenters. The number of nitrogens with zero attached hydrogens (tertiary/aromatic N) is 1. The number of rotatable bonds is 9. The lowest BCUT2D eigenvalue weighted by molar-refractivity contribution is -0.125. The highest BCUT2D eigenvalue weighted by Crippen LogP contribution is 2.48. The molecule has 0 bridgehead atoms. The first-order valence-corrected chi connectivity index (χ1v) is 17.4. The molecule has 2 aliphatic rings. The van der Waals surface area contributed by atoms with Crippen LogP contribution in [0.2, 0.25) is 10.0 Å². The molecular weight excluding hydrogens is 637 g/mol. The second kappa shape index (κ2) is 13.8.